The molecule has 5 nitrogen and oxygen atoms in total. The number of benzene rings is 1. The van der Waals surface area contributed by atoms with Gasteiger partial charge < -0.3 is 4.98 Å². The highest BCUT2D eigenvalue weighted by Gasteiger charge is 2.22. The summed E-state index contributed by atoms with van der Waals surface area (Å²) < 4.78 is 0. The Balaban J connectivity index is 1.24. The topological polar surface area (TPSA) is 52.2 Å². The minimum Gasteiger partial charge on any atom is -0.309 e. The second-order valence-electron chi connectivity index (χ2n) is 8.09. The Morgan fingerprint density at radius 2 is 1.89 bits per heavy atom. The summed E-state index contributed by atoms with van der Waals surface area (Å²) in [5, 5.41) is 0.851. The van der Waals surface area contributed by atoms with Gasteiger partial charge in [-0.05, 0) is 37.3 Å². The molecule has 1 N–H and O–H groups in total. The number of nitrogens with one attached hydrogen (secondary N) is 1. The fourth-order valence-corrected chi connectivity index (χ4v) is 5.79. The van der Waals surface area contributed by atoms with Crippen LogP contribution >= 0.6 is 11.3 Å². The average molecular weight is 395 g/mol. The van der Waals surface area contributed by atoms with E-state index >= 15 is 0 Å². The van der Waals surface area contributed by atoms with Gasteiger partial charge in [0, 0.05) is 37.6 Å². The van der Waals surface area contributed by atoms with Gasteiger partial charge in [-0.1, -0.05) is 29.8 Å². The SMILES string of the molecule is Cc1cccc(CN2CCN(Cc3nc4sc5c(c4c(=O)[nH]3)CCC5)CC2)c1. The Morgan fingerprint density at radius 3 is 2.68 bits per heavy atom. The lowest BCUT2D eigenvalue weighted by molar-refractivity contribution is 0.120. The first-order chi connectivity index (χ1) is 13.7. The van der Waals surface area contributed by atoms with Gasteiger partial charge in [0.05, 0.1) is 11.9 Å². The van der Waals surface area contributed by atoms with Crippen LogP contribution in [0.5, 0.6) is 0 Å². The molecule has 1 fully saturated rings. The van der Waals surface area contributed by atoms with Crippen molar-refractivity contribution in [3.05, 3.63) is 62.0 Å². The van der Waals surface area contributed by atoms with Gasteiger partial charge in [-0.2, -0.15) is 0 Å². The van der Waals surface area contributed by atoms with Gasteiger partial charge in [-0.15, -0.1) is 11.3 Å². The van der Waals surface area contributed by atoms with E-state index in [9.17, 15) is 4.79 Å². The largest absolute Gasteiger partial charge is 0.309 e. The molecule has 0 atom stereocenters. The van der Waals surface area contributed by atoms with E-state index in [0.717, 1.165) is 68.2 Å². The summed E-state index contributed by atoms with van der Waals surface area (Å²) in [6.07, 6.45) is 3.31. The summed E-state index contributed by atoms with van der Waals surface area (Å²) in [6, 6.07) is 8.77. The molecule has 2 aromatic heterocycles. The molecular formula is C22H26N4OS. The Hall–Kier alpha value is -2.02. The summed E-state index contributed by atoms with van der Waals surface area (Å²) >= 11 is 1.72. The summed E-state index contributed by atoms with van der Waals surface area (Å²) in [4.78, 5) is 27.7. The lowest BCUT2D eigenvalue weighted by atomic mass is 10.1. The number of hydrogen-bond acceptors (Lipinski definition) is 5. The number of nitrogens with zero attached hydrogens (tertiary/aromatic N) is 3. The van der Waals surface area contributed by atoms with Crippen LogP contribution < -0.4 is 5.56 Å². The van der Waals surface area contributed by atoms with Crippen molar-refractivity contribution in [2.45, 2.75) is 39.3 Å². The van der Waals surface area contributed by atoms with Crippen molar-refractivity contribution >= 4 is 21.6 Å². The van der Waals surface area contributed by atoms with E-state index in [-0.39, 0.29) is 5.56 Å². The van der Waals surface area contributed by atoms with Crippen LogP contribution in [0.4, 0.5) is 0 Å². The van der Waals surface area contributed by atoms with E-state index in [4.69, 9.17) is 4.98 Å². The van der Waals surface area contributed by atoms with Gasteiger partial charge in [-0.3, -0.25) is 14.6 Å². The van der Waals surface area contributed by atoms with Gasteiger partial charge in [0.25, 0.3) is 5.56 Å². The van der Waals surface area contributed by atoms with Gasteiger partial charge in [-0.25, -0.2) is 4.98 Å². The number of hydrogen-bond donors (Lipinski definition) is 1. The molecule has 3 heterocycles. The van der Waals surface area contributed by atoms with E-state index < -0.39 is 0 Å². The third kappa shape index (κ3) is 3.52. The number of H-pyrrole nitrogens is 1. The third-order valence-electron chi connectivity index (χ3n) is 5.95. The Kier molecular flexibility index (Phi) is 4.78. The van der Waals surface area contributed by atoms with Crippen LogP contribution in [-0.4, -0.2) is 45.9 Å². The quantitative estimate of drug-likeness (QED) is 0.739. The minimum absolute atomic E-state index is 0.0532. The van der Waals surface area contributed by atoms with Crippen LogP contribution in [0.1, 0.15) is 33.8 Å². The highest BCUT2D eigenvalue weighted by atomic mass is 32.1. The average Bonchev–Trinajstić information content (AvgIpc) is 3.24. The van der Waals surface area contributed by atoms with Crippen LogP contribution in [0.2, 0.25) is 0 Å². The Bertz CT molecular complexity index is 1060. The molecule has 3 aromatic rings. The lowest BCUT2D eigenvalue weighted by Gasteiger charge is -2.34. The van der Waals surface area contributed by atoms with Crippen LogP contribution in [0.25, 0.3) is 10.2 Å². The first-order valence-corrected chi connectivity index (χ1v) is 11.0. The van der Waals surface area contributed by atoms with Crippen molar-refractivity contribution < 1.29 is 0 Å². The van der Waals surface area contributed by atoms with Crippen molar-refractivity contribution in [2.24, 2.45) is 0 Å². The van der Waals surface area contributed by atoms with E-state index in [0.29, 0.717) is 0 Å². The predicted molar refractivity (Wildman–Crippen MR) is 114 cm³/mol. The molecule has 2 aliphatic rings. The fraction of sp³-hybridized carbons (Fsp3) is 0.455. The minimum atomic E-state index is 0.0532. The zero-order chi connectivity index (χ0) is 19.1. The van der Waals surface area contributed by atoms with E-state index in [1.54, 1.807) is 11.3 Å². The molecule has 0 bridgehead atoms. The van der Waals surface area contributed by atoms with E-state index in [1.165, 1.54) is 28.0 Å². The number of aryl methyl sites for hydroxylation is 3. The molecule has 28 heavy (non-hydrogen) atoms. The molecule has 1 aromatic carbocycles. The maximum absolute atomic E-state index is 12.6. The van der Waals surface area contributed by atoms with Crippen LogP contribution in [0.3, 0.4) is 0 Å². The highest BCUT2D eigenvalue weighted by molar-refractivity contribution is 7.18. The number of aromatic nitrogens is 2. The second kappa shape index (κ2) is 7.43. The van der Waals surface area contributed by atoms with Crippen molar-refractivity contribution in [1.29, 1.82) is 0 Å². The van der Waals surface area contributed by atoms with Gasteiger partial charge in [0.15, 0.2) is 0 Å². The standard InChI is InChI=1S/C22H26N4OS/c1-15-4-2-5-16(12-15)13-25-8-10-26(11-9-25)14-19-23-21(27)20-17-6-3-7-18(17)28-22(20)24-19/h2,4-5,12H,3,6-11,13-14H2,1H3,(H,23,24,27). The number of rotatable bonds is 4. The molecule has 0 amide bonds. The van der Waals surface area contributed by atoms with Crippen molar-refractivity contribution in [3.63, 3.8) is 0 Å². The maximum Gasteiger partial charge on any atom is 0.259 e. The zero-order valence-electron chi connectivity index (χ0n) is 16.3. The summed E-state index contributed by atoms with van der Waals surface area (Å²) in [5.74, 6) is 0.810. The predicted octanol–water partition coefficient (Wildman–Crippen LogP) is 3.10. The van der Waals surface area contributed by atoms with Crippen molar-refractivity contribution in [1.82, 2.24) is 19.8 Å². The van der Waals surface area contributed by atoms with Crippen LogP contribution in [-0.2, 0) is 25.9 Å². The highest BCUT2D eigenvalue weighted by Crippen LogP contribution is 2.34. The van der Waals surface area contributed by atoms with Crippen molar-refractivity contribution in [3.8, 4) is 0 Å². The van der Waals surface area contributed by atoms with Crippen molar-refractivity contribution in [2.75, 3.05) is 26.2 Å². The molecule has 1 aliphatic heterocycles. The van der Waals surface area contributed by atoms with E-state index in [2.05, 4.69) is 46.0 Å². The monoisotopic (exact) mass is 394 g/mol. The van der Waals surface area contributed by atoms with Gasteiger partial charge in [0.1, 0.15) is 10.7 Å². The fourth-order valence-electron chi connectivity index (χ4n) is 4.51. The number of piperazine rings is 1. The molecule has 5 rings (SSSR count). The molecule has 6 heteroatoms. The lowest BCUT2D eigenvalue weighted by Crippen LogP contribution is -2.45. The zero-order valence-corrected chi connectivity index (χ0v) is 17.1. The number of aromatic amines is 1. The summed E-state index contributed by atoms with van der Waals surface area (Å²) in [6.45, 7) is 8.00. The molecule has 0 radical (unpaired) electrons. The maximum atomic E-state index is 12.6. The molecule has 1 aliphatic carbocycles. The molecule has 0 unspecified atom stereocenters. The molecule has 0 saturated carbocycles. The summed E-state index contributed by atoms with van der Waals surface area (Å²) in [7, 11) is 0. The normalized spacial score (nSPS) is 18.0. The molecular weight excluding hydrogens is 368 g/mol. The van der Waals surface area contributed by atoms with E-state index in [1.807, 2.05) is 0 Å². The second-order valence-corrected chi connectivity index (χ2v) is 9.18. The van der Waals surface area contributed by atoms with Crippen LogP contribution in [0.15, 0.2) is 29.1 Å². The first-order valence-electron chi connectivity index (χ1n) is 10.2. The van der Waals surface area contributed by atoms with Crippen LogP contribution in [0, 0.1) is 6.92 Å². The van der Waals surface area contributed by atoms with Gasteiger partial charge >= 0.3 is 0 Å². The molecule has 146 valence electrons. The molecule has 1 saturated heterocycles. The smallest absolute Gasteiger partial charge is 0.259 e. The third-order valence-corrected chi connectivity index (χ3v) is 7.14. The number of thiophene rings is 1. The first kappa shape index (κ1) is 18.0. The Morgan fingerprint density at radius 1 is 1.11 bits per heavy atom. The van der Waals surface area contributed by atoms with Gasteiger partial charge in [0.2, 0.25) is 0 Å². The number of fused-ring (bicyclic) bond motifs is 3. The Labute approximate surface area is 169 Å². The molecule has 0 spiro atoms. The summed E-state index contributed by atoms with van der Waals surface area (Å²) in [5.41, 5.74) is 4.01.